The number of ketones is 1. The van der Waals surface area contributed by atoms with E-state index in [2.05, 4.69) is 0 Å². The summed E-state index contributed by atoms with van der Waals surface area (Å²) in [5.41, 5.74) is 0.107. The lowest BCUT2D eigenvalue weighted by atomic mass is 9.98. The number of aromatic hydroxyl groups is 4. The lowest BCUT2D eigenvalue weighted by Crippen LogP contribution is -2.61. The first-order valence-corrected chi connectivity index (χ1v) is 12.6. The maximum Gasteiger partial charge on any atom is 0.229 e. The molecule has 2 saturated heterocycles. The molecule has 0 aliphatic carbocycles. The zero-order valence-electron chi connectivity index (χ0n) is 21.4. The van der Waals surface area contributed by atoms with Crippen molar-refractivity contribution >= 4 is 5.78 Å². The smallest absolute Gasteiger partial charge is 0.229 e. The van der Waals surface area contributed by atoms with Gasteiger partial charge < -0.3 is 70.0 Å². The Balaban J connectivity index is 1.48. The van der Waals surface area contributed by atoms with Crippen LogP contribution in [-0.2, 0) is 20.6 Å². The van der Waals surface area contributed by atoms with Crippen molar-refractivity contribution in [2.24, 2.45) is 0 Å². The molecule has 10 N–H and O–H groups in total. The summed E-state index contributed by atoms with van der Waals surface area (Å²) in [4.78, 5) is 13.1. The van der Waals surface area contributed by atoms with Gasteiger partial charge in [-0.1, -0.05) is 6.07 Å². The van der Waals surface area contributed by atoms with E-state index in [0.29, 0.717) is 5.56 Å². The van der Waals surface area contributed by atoms with E-state index >= 15 is 0 Å². The van der Waals surface area contributed by atoms with Crippen LogP contribution < -0.4 is 4.74 Å². The van der Waals surface area contributed by atoms with Gasteiger partial charge in [0.05, 0.1) is 13.2 Å². The second kappa shape index (κ2) is 12.7. The van der Waals surface area contributed by atoms with E-state index in [4.69, 9.17) is 18.9 Å². The van der Waals surface area contributed by atoms with Gasteiger partial charge in [0.25, 0.3) is 0 Å². The van der Waals surface area contributed by atoms with Crippen molar-refractivity contribution in [3.8, 4) is 28.7 Å². The van der Waals surface area contributed by atoms with Crippen LogP contribution in [0.2, 0.25) is 0 Å². The molecule has 2 aromatic rings. The number of ether oxygens (including phenoxy) is 4. The van der Waals surface area contributed by atoms with Crippen LogP contribution in [0.25, 0.3) is 0 Å². The molecule has 2 aromatic carbocycles. The zero-order chi connectivity index (χ0) is 30.0. The summed E-state index contributed by atoms with van der Waals surface area (Å²) in [7, 11) is 0. The normalized spacial score (nSPS) is 32.0. The van der Waals surface area contributed by atoms with E-state index in [0.717, 1.165) is 12.1 Å². The number of benzene rings is 2. The van der Waals surface area contributed by atoms with E-state index in [9.17, 15) is 55.9 Å². The summed E-state index contributed by atoms with van der Waals surface area (Å²) in [5, 5.41) is 100. The van der Waals surface area contributed by atoms with Gasteiger partial charge in [-0.25, -0.2) is 0 Å². The van der Waals surface area contributed by atoms with Crippen LogP contribution in [0.3, 0.4) is 0 Å². The highest BCUT2D eigenvalue weighted by Gasteiger charge is 2.46. The number of phenolic OH excluding ortho intramolecular Hbond substituents is 4. The fourth-order valence-corrected chi connectivity index (χ4v) is 4.46. The van der Waals surface area contributed by atoms with Crippen LogP contribution in [-0.4, -0.2) is 125 Å². The molecule has 2 aliphatic heterocycles. The Morgan fingerprint density at radius 1 is 0.805 bits per heavy atom. The summed E-state index contributed by atoms with van der Waals surface area (Å²) in [5.74, 6) is -2.97. The van der Waals surface area contributed by atoms with Crippen LogP contribution >= 0.6 is 0 Å². The Hall–Kier alpha value is -3.25. The molecule has 2 aliphatic rings. The Morgan fingerprint density at radius 2 is 1.51 bits per heavy atom. The predicted molar refractivity (Wildman–Crippen MR) is 133 cm³/mol. The van der Waals surface area contributed by atoms with Crippen molar-refractivity contribution in [3.63, 3.8) is 0 Å². The molecule has 15 nitrogen and oxygen atoms in total. The first kappa shape index (κ1) is 30.7. The first-order valence-electron chi connectivity index (χ1n) is 12.6. The van der Waals surface area contributed by atoms with E-state index in [-0.39, 0.29) is 36.5 Å². The van der Waals surface area contributed by atoms with Gasteiger partial charge in [0, 0.05) is 18.6 Å². The molecule has 2 heterocycles. The van der Waals surface area contributed by atoms with Crippen molar-refractivity contribution < 1.29 is 74.8 Å². The Bertz CT molecular complexity index is 1220. The lowest BCUT2D eigenvalue weighted by molar-refractivity contribution is -0.307. The molecule has 0 aromatic heterocycles. The van der Waals surface area contributed by atoms with E-state index in [1.807, 2.05) is 0 Å². The molecule has 0 bridgehead atoms. The lowest BCUT2D eigenvalue weighted by Gasteiger charge is -2.41. The molecule has 15 heteroatoms. The molecular weight excluding hydrogens is 552 g/mol. The molecule has 2 fully saturated rings. The van der Waals surface area contributed by atoms with Gasteiger partial charge in [-0.15, -0.1) is 0 Å². The number of hydrogen-bond donors (Lipinski definition) is 10. The van der Waals surface area contributed by atoms with Crippen LogP contribution in [0.1, 0.15) is 22.3 Å². The second-order valence-electron chi connectivity index (χ2n) is 9.80. The number of hydrogen-bond acceptors (Lipinski definition) is 15. The number of carbonyl (C=O) groups is 1. The average molecular weight is 585 g/mol. The number of aliphatic hydroxyl groups is 6. The fraction of sp³-hybridized carbons (Fsp3) is 0.500. The largest absolute Gasteiger partial charge is 0.508 e. The van der Waals surface area contributed by atoms with E-state index in [1.54, 1.807) is 0 Å². The Kier molecular flexibility index (Phi) is 9.53. The monoisotopic (exact) mass is 584 g/mol. The quantitative estimate of drug-likeness (QED) is 0.113. The van der Waals surface area contributed by atoms with Crippen molar-refractivity contribution in [3.05, 3.63) is 41.5 Å². The maximum absolute atomic E-state index is 13.1. The SMILES string of the molecule is O=C(CCc1ccc(O)c(O)c1)c1c(O)cc(O)cc1O[C@@H]1O[C@H](CO[C@@H]2OC[C@@H](O)[C@H](O)[C@H]2O)[C@@H](O)[C@H](O)[C@H]1O. The fourth-order valence-electron chi connectivity index (χ4n) is 4.46. The van der Waals surface area contributed by atoms with Gasteiger partial charge in [0.15, 0.2) is 23.6 Å². The van der Waals surface area contributed by atoms with Gasteiger partial charge >= 0.3 is 0 Å². The Morgan fingerprint density at radius 3 is 2.22 bits per heavy atom. The van der Waals surface area contributed by atoms with Gasteiger partial charge in [-0.3, -0.25) is 4.79 Å². The highest BCUT2D eigenvalue weighted by molar-refractivity contribution is 6.01. The van der Waals surface area contributed by atoms with Crippen molar-refractivity contribution in [1.82, 2.24) is 0 Å². The highest BCUT2D eigenvalue weighted by Crippen LogP contribution is 2.37. The topological polar surface area (TPSA) is 256 Å². The summed E-state index contributed by atoms with van der Waals surface area (Å²) in [6.07, 6.45) is -14.7. The van der Waals surface area contributed by atoms with Crippen molar-refractivity contribution in [2.75, 3.05) is 13.2 Å². The van der Waals surface area contributed by atoms with E-state index in [1.165, 1.54) is 18.2 Å². The minimum Gasteiger partial charge on any atom is -0.508 e. The molecule has 41 heavy (non-hydrogen) atoms. The number of aryl methyl sites for hydroxylation is 1. The van der Waals surface area contributed by atoms with Crippen LogP contribution in [0.5, 0.6) is 28.7 Å². The predicted octanol–water partition coefficient (Wildman–Crippen LogP) is -2.03. The van der Waals surface area contributed by atoms with Gasteiger partial charge in [-0.2, -0.15) is 0 Å². The molecule has 0 unspecified atom stereocenters. The molecule has 0 radical (unpaired) electrons. The number of phenols is 4. The van der Waals surface area contributed by atoms with Gasteiger partial charge in [-0.05, 0) is 24.1 Å². The summed E-state index contributed by atoms with van der Waals surface area (Å²) in [6.45, 7) is -0.901. The van der Waals surface area contributed by atoms with Gasteiger partial charge in [0.2, 0.25) is 6.29 Å². The first-order chi connectivity index (χ1) is 19.4. The third-order valence-electron chi connectivity index (χ3n) is 6.82. The third kappa shape index (κ3) is 6.81. The molecular formula is C26H32O15. The molecule has 4 rings (SSSR count). The second-order valence-corrected chi connectivity index (χ2v) is 9.80. The summed E-state index contributed by atoms with van der Waals surface area (Å²) < 4.78 is 21.6. The summed E-state index contributed by atoms with van der Waals surface area (Å²) in [6, 6.07) is 5.85. The van der Waals surface area contributed by atoms with Crippen molar-refractivity contribution in [2.45, 2.75) is 68.1 Å². The molecule has 0 saturated carbocycles. The van der Waals surface area contributed by atoms with E-state index < -0.39 is 84.9 Å². The number of rotatable bonds is 9. The molecule has 0 spiro atoms. The van der Waals surface area contributed by atoms with Crippen LogP contribution in [0, 0.1) is 0 Å². The minimum absolute atomic E-state index is 0.0834. The van der Waals surface area contributed by atoms with Crippen LogP contribution in [0.4, 0.5) is 0 Å². The summed E-state index contributed by atoms with van der Waals surface area (Å²) >= 11 is 0. The minimum atomic E-state index is -1.87. The number of carbonyl (C=O) groups excluding carboxylic acids is 1. The number of aliphatic hydroxyl groups excluding tert-OH is 6. The number of Topliss-reactive ketones (excluding diaryl/α,β-unsaturated/α-hetero) is 1. The van der Waals surface area contributed by atoms with Crippen LogP contribution in [0.15, 0.2) is 30.3 Å². The molecule has 9 atom stereocenters. The molecule has 226 valence electrons. The maximum atomic E-state index is 13.1. The standard InChI is InChI=1S/C26H32O15/c27-11-6-15(31)19(13(29)4-2-10-1-3-12(28)14(30)5-10)17(7-11)40-26-24(37)22(35)21(34)18(41-26)9-39-25-23(36)20(33)16(32)8-38-25/h1,3,5-7,16,18,20-28,30-37H,2,4,8-9H2/t16-,18-,20+,21-,22+,23-,24-,25+,26-/m1/s1. The average Bonchev–Trinajstić information content (AvgIpc) is 2.92. The Labute approximate surface area is 232 Å². The van der Waals surface area contributed by atoms with Crippen molar-refractivity contribution in [1.29, 1.82) is 0 Å². The zero-order valence-corrected chi connectivity index (χ0v) is 21.4. The highest BCUT2D eigenvalue weighted by atomic mass is 16.7. The third-order valence-corrected chi connectivity index (χ3v) is 6.82. The van der Waals surface area contributed by atoms with Gasteiger partial charge in [0.1, 0.15) is 65.5 Å². The molecule has 0 amide bonds.